The Bertz CT molecular complexity index is 1820. The van der Waals surface area contributed by atoms with Crippen molar-refractivity contribution in [1.29, 1.82) is 0 Å². The van der Waals surface area contributed by atoms with Gasteiger partial charge < -0.3 is 10.0 Å². The molecule has 1 N–H and O–H groups in total. The number of rotatable bonds is 5. The molecule has 0 unspecified atom stereocenters. The van der Waals surface area contributed by atoms with E-state index in [2.05, 4.69) is 0 Å². The van der Waals surface area contributed by atoms with Crippen molar-refractivity contribution in [3.8, 4) is 5.75 Å². The van der Waals surface area contributed by atoms with Crippen LogP contribution in [0.15, 0.2) is 42.0 Å². The fraction of sp³-hybridized carbons (Fsp3) is 0.379. The number of hydrogen-bond donors (Lipinski definition) is 1. The molecule has 4 amide bonds. The zero-order chi connectivity index (χ0) is 33.8. The van der Waals surface area contributed by atoms with Crippen molar-refractivity contribution in [3.05, 3.63) is 73.6 Å². The van der Waals surface area contributed by atoms with E-state index in [0.717, 1.165) is 29.2 Å². The fourth-order valence-electron chi connectivity index (χ4n) is 7.53. The number of hydrogen-bond acceptors (Lipinski definition) is 10. The molecule has 2 aliphatic carbocycles. The number of fused-ring (bicyclic) bond motifs is 4. The van der Waals surface area contributed by atoms with Gasteiger partial charge in [0.05, 0.1) is 27.4 Å². The summed E-state index contributed by atoms with van der Waals surface area (Å²) in [5.41, 5.74) is -1.72. The molecule has 6 rings (SSSR count). The lowest BCUT2D eigenvalue weighted by Crippen LogP contribution is -2.60. The Morgan fingerprint density at radius 3 is 2.13 bits per heavy atom. The van der Waals surface area contributed by atoms with E-state index in [4.69, 9.17) is 23.2 Å². The van der Waals surface area contributed by atoms with E-state index >= 15 is 0 Å². The average molecular weight is 676 g/mol. The molecule has 0 bridgehead atoms. The summed E-state index contributed by atoms with van der Waals surface area (Å²) in [5, 5.41) is 33.8. The highest BCUT2D eigenvalue weighted by Crippen LogP contribution is 2.65. The number of amides is 4. The summed E-state index contributed by atoms with van der Waals surface area (Å²) in [6.07, 6.45) is 1.14. The maximum Gasteiger partial charge on any atom is 0.301 e. The first-order chi connectivity index (χ1) is 21.5. The van der Waals surface area contributed by atoms with Gasteiger partial charge in [0.2, 0.25) is 11.8 Å². The predicted molar refractivity (Wildman–Crippen MR) is 160 cm³/mol. The minimum absolute atomic E-state index is 0.0746. The average Bonchev–Trinajstić information content (AvgIpc) is 3.32. The van der Waals surface area contributed by atoms with Gasteiger partial charge in [0, 0.05) is 39.2 Å². The zero-order valence-corrected chi connectivity index (χ0v) is 25.8. The zero-order valence-electron chi connectivity index (χ0n) is 24.3. The number of likely N-dealkylation sites (tertiary alicyclic amines) is 1. The molecule has 2 heterocycles. The standard InChI is InChI=1S/C29H24Cl2FN5O9/c1-33(2)23-18(36(43)44)9-13(10-19(23)37(45)46)35-24(39)15-6-5-14-16(21(15)25(35)40)11-28(30)26(41)34(3)27(42)29(28,31)22(14)12-4-7-20(38)17(32)8-12/h4-5,7-10,15-16,21-22,38H,6,11H2,1-3H3/t15-,16+,21-,22-,28+,29-/m0/s1. The molecule has 240 valence electrons. The van der Waals surface area contributed by atoms with Crippen LogP contribution in [0.4, 0.5) is 27.1 Å². The summed E-state index contributed by atoms with van der Waals surface area (Å²) in [6.45, 7) is 0. The molecule has 14 nitrogen and oxygen atoms in total. The van der Waals surface area contributed by atoms with Crippen LogP contribution < -0.4 is 9.80 Å². The van der Waals surface area contributed by atoms with Crippen LogP contribution in [0.3, 0.4) is 0 Å². The normalized spacial score (nSPS) is 30.2. The maximum absolute atomic E-state index is 14.7. The first kappa shape index (κ1) is 31.4. The van der Waals surface area contributed by atoms with Crippen molar-refractivity contribution in [2.45, 2.75) is 28.5 Å². The molecule has 1 saturated carbocycles. The molecule has 46 heavy (non-hydrogen) atoms. The van der Waals surface area contributed by atoms with Crippen molar-refractivity contribution < 1.29 is 38.5 Å². The molecule has 2 aliphatic heterocycles. The number of halogens is 3. The second-order valence-electron chi connectivity index (χ2n) is 12.0. The van der Waals surface area contributed by atoms with Gasteiger partial charge in [-0.1, -0.05) is 17.7 Å². The van der Waals surface area contributed by atoms with Crippen LogP contribution in [0.1, 0.15) is 24.3 Å². The predicted octanol–water partition coefficient (Wildman–Crippen LogP) is 3.61. The first-order valence-electron chi connectivity index (χ1n) is 13.9. The SMILES string of the molecule is CN1C(=O)[C@]2(Cl)C[C@@H]3C(=CC[C@@H]4C(=O)N(c5cc([N+](=O)[O-])c(N(C)C)c([N+](=O)[O-])c5)C(=O)[C@@H]43)[C@H](c3ccc(O)c(F)c3)[C@]2(Cl)C1=O. The van der Waals surface area contributed by atoms with E-state index < -0.39 is 89.8 Å². The Morgan fingerprint density at radius 1 is 0.978 bits per heavy atom. The van der Waals surface area contributed by atoms with Crippen molar-refractivity contribution in [3.63, 3.8) is 0 Å². The maximum atomic E-state index is 14.7. The largest absolute Gasteiger partial charge is 0.505 e. The molecular weight excluding hydrogens is 652 g/mol. The number of phenols is 1. The minimum Gasteiger partial charge on any atom is -0.505 e. The molecule has 4 aliphatic rings. The Morgan fingerprint density at radius 2 is 1.59 bits per heavy atom. The lowest BCUT2D eigenvalue weighted by Gasteiger charge is -2.50. The van der Waals surface area contributed by atoms with Gasteiger partial charge in [0.15, 0.2) is 27.0 Å². The van der Waals surface area contributed by atoms with Gasteiger partial charge in [-0.3, -0.25) is 44.3 Å². The third kappa shape index (κ3) is 3.93. The Kier molecular flexibility index (Phi) is 6.94. The van der Waals surface area contributed by atoms with Crippen molar-refractivity contribution in [2.75, 3.05) is 30.9 Å². The molecule has 0 radical (unpaired) electrons. The smallest absolute Gasteiger partial charge is 0.301 e. The van der Waals surface area contributed by atoms with Crippen LogP contribution in [-0.2, 0) is 19.2 Å². The number of carbonyl (C=O) groups excluding carboxylic acids is 4. The van der Waals surface area contributed by atoms with Gasteiger partial charge in [0.1, 0.15) is 0 Å². The summed E-state index contributed by atoms with van der Waals surface area (Å²) < 4.78 is 14.7. The van der Waals surface area contributed by atoms with E-state index in [-0.39, 0.29) is 29.8 Å². The van der Waals surface area contributed by atoms with E-state index in [1.807, 2.05) is 0 Å². The summed E-state index contributed by atoms with van der Waals surface area (Å²) in [5.74, 6) is -9.62. The van der Waals surface area contributed by atoms with Gasteiger partial charge in [-0.25, -0.2) is 9.29 Å². The van der Waals surface area contributed by atoms with E-state index in [9.17, 15) is 48.9 Å². The number of nitro groups is 2. The second kappa shape index (κ2) is 10.2. The monoisotopic (exact) mass is 675 g/mol. The minimum atomic E-state index is -2.17. The van der Waals surface area contributed by atoms with Crippen molar-refractivity contribution in [1.82, 2.24) is 4.90 Å². The summed E-state index contributed by atoms with van der Waals surface area (Å²) >= 11 is 14.1. The van der Waals surface area contributed by atoms with Crippen LogP contribution in [0.5, 0.6) is 5.75 Å². The van der Waals surface area contributed by atoms with Crippen LogP contribution in [0.2, 0.25) is 0 Å². The number of imide groups is 2. The van der Waals surface area contributed by atoms with Gasteiger partial charge in [-0.2, -0.15) is 0 Å². The molecule has 0 aromatic heterocycles. The van der Waals surface area contributed by atoms with Crippen LogP contribution in [-0.4, -0.2) is 74.4 Å². The summed E-state index contributed by atoms with van der Waals surface area (Å²) in [6, 6.07) is 5.13. The molecule has 2 saturated heterocycles. The van der Waals surface area contributed by atoms with Crippen LogP contribution in [0.25, 0.3) is 0 Å². The van der Waals surface area contributed by atoms with Gasteiger partial charge in [0.25, 0.3) is 11.8 Å². The number of carbonyl (C=O) groups is 4. The number of benzene rings is 2. The molecule has 6 atom stereocenters. The van der Waals surface area contributed by atoms with E-state index in [1.165, 1.54) is 32.1 Å². The molecule has 2 aromatic rings. The van der Waals surface area contributed by atoms with Gasteiger partial charge >= 0.3 is 11.4 Å². The first-order valence-corrected chi connectivity index (χ1v) is 14.6. The Hall–Kier alpha value is -4.63. The molecule has 2 aromatic carbocycles. The summed E-state index contributed by atoms with van der Waals surface area (Å²) in [7, 11) is 3.93. The molecule has 3 fully saturated rings. The Labute approximate surface area is 269 Å². The van der Waals surface area contributed by atoms with Crippen molar-refractivity contribution in [2.24, 2.45) is 17.8 Å². The second-order valence-corrected chi connectivity index (χ2v) is 13.2. The number of phenolic OH excluding ortho intramolecular Hbond substituents is 1. The van der Waals surface area contributed by atoms with Crippen LogP contribution in [0, 0.1) is 43.8 Å². The highest BCUT2D eigenvalue weighted by Gasteiger charge is 2.76. The third-order valence-corrected chi connectivity index (χ3v) is 10.9. The third-order valence-electron chi connectivity index (χ3n) is 9.47. The van der Waals surface area contributed by atoms with Gasteiger partial charge in [-0.15, -0.1) is 23.2 Å². The lowest BCUT2D eigenvalue weighted by atomic mass is 9.56. The Balaban J connectivity index is 1.51. The highest BCUT2D eigenvalue weighted by molar-refractivity contribution is 6.53. The van der Waals surface area contributed by atoms with Crippen LogP contribution >= 0.6 is 23.2 Å². The topological polar surface area (TPSA) is 185 Å². The quantitative estimate of drug-likeness (QED) is 0.161. The number of nitrogens with zero attached hydrogens (tertiary/aromatic N) is 5. The highest BCUT2D eigenvalue weighted by atomic mass is 35.5. The number of allylic oxidation sites excluding steroid dienone is 2. The molecule has 17 heteroatoms. The number of alkyl halides is 2. The number of aromatic hydroxyl groups is 1. The number of nitro benzene ring substituents is 2. The number of anilines is 2. The fourth-order valence-corrected chi connectivity index (χ4v) is 8.55. The van der Waals surface area contributed by atoms with Gasteiger partial charge in [-0.05, 0) is 36.5 Å². The van der Waals surface area contributed by atoms with Crippen molar-refractivity contribution >= 4 is 69.6 Å². The molecular formula is C29H24Cl2FN5O9. The summed E-state index contributed by atoms with van der Waals surface area (Å²) in [4.78, 5) is 75.7. The molecule has 0 spiro atoms. The van der Waals surface area contributed by atoms with E-state index in [1.54, 1.807) is 6.08 Å². The van der Waals surface area contributed by atoms with E-state index in [0.29, 0.717) is 10.5 Å². The lowest BCUT2D eigenvalue weighted by molar-refractivity contribution is -0.392.